The first kappa shape index (κ1) is 13.5. The molecule has 15 heavy (non-hydrogen) atoms. The first-order chi connectivity index (χ1) is 6.88. The number of hydrogen-bond acceptors (Lipinski definition) is 2. The molecule has 1 atom stereocenters. The van der Waals surface area contributed by atoms with Crippen LogP contribution in [0.4, 0.5) is 4.79 Å². The Morgan fingerprint density at radius 2 is 2.07 bits per heavy atom. The molecular weight excluding hydrogens is 196 g/mol. The lowest BCUT2D eigenvalue weighted by atomic mass is 10.2. The Morgan fingerprint density at radius 1 is 1.53 bits per heavy atom. The maximum atomic E-state index is 11.5. The lowest BCUT2D eigenvalue weighted by molar-refractivity contribution is -0.139. The molecule has 0 aliphatic heterocycles. The van der Waals surface area contributed by atoms with Crippen molar-refractivity contribution in [3.05, 3.63) is 12.2 Å². The van der Waals surface area contributed by atoms with Crippen molar-refractivity contribution in [3.8, 4) is 0 Å². The SMILES string of the molecule is C=C(C)CN(C)C(=O)N[C@@H](CC)C(=O)O. The predicted molar refractivity (Wildman–Crippen MR) is 57.7 cm³/mol. The highest BCUT2D eigenvalue weighted by molar-refractivity contribution is 5.82. The molecule has 2 N–H and O–H groups in total. The Labute approximate surface area is 89.8 Å². The molecule has 0 aromatic carbocycles. The van der Waals surface area contributed by atoms with E-state index in [1.165, 1.54) is 4.90 Å². The molecule has 0 unspecified atom stereocenters. The standard InChI is InChI=1S/C10H18N2O3/c1-5-8(9(13)14)11-10(15)12(4)6-7(2)3/h8H,2,5-6H2,1,3-4H3,(H,11,15)(H,13,14)/t8-/m0/s1. The molecule has 0 saturated heterocycles. The smallest absolute Gasteiger partial charge is 0.326 e. The van der Waals surface area contributed by atoms with Gasteiger partial charge >= 0.3 is 12.0 Å². The van der Waals surface area contributed by atoms with Crippen LogP contribution in [-0.2, 0) is 4.79 Å². The molecule has 0 bridgehead atoms. The molecule has 0 saturated carbocycles. The number of carboxylic acids is 1. The molecule has 0 aromatic heterocycles. The topological polar surface area (TPSA) is 69.6 Å². The van der Waals surface area contributed by atoms with Gasteiger partial charge < -0.3 is 15.3 Å². The number of nitrogens with zero attached hydrogens (tertiary/aromatic N) is 1. The van der Waals surface area contributed by atoms with Gasteiger partial charge in [-0.2, -0.15) is 0 Å². The number of rotatable bonds is 5. The predicted octanol–water partition coefficient (Wildman–Crippen LogP) is 1.07. The van der Waals surface area contributed by atoms with Crippen LogP contribution in [0, 0.1) is 0 Å². The Balaban J connectivity index is 4.21. The summed E-state index contributed by atoms with van der Waals surface area (Å²) in [7, 11) is 1.60. The Kier molecular flexibility index (Phi) is 5.44. The monoisotopic (exact) mass is 214 g/mol. The summed E-state index contributed by atoms with van der Waals surface area (Å²) in [5.74, 6) is -1.02. The first-order valence-electron chi connectivity index (χ1n) is 4.77. The number of urea groups is 1. The Hall–Kier alpha value is -1.52. The van der Waals surface area contributed by atoms with Gasteiger partial charge in [-0.05, 0) is 13.3 Å². The third kappa shape index (κ3) is 5.05. The van der Waals surface area contributed by atoms with Gasteiger partial charge in [-0.1, -0.05) is 19.1 Å². The van der Waals surface area contributed by atoms with Crippen molar-refractivity contribution in [2.45, 2.75) is 26.3 Å². The van der Waals surface area contributed by atoms with E-state index in [2.05, 4.69) is 11.9 Å². The zero-order chi connectivity index (χ0) is 12.0. The van der Waals surface area contributed by atoms with Gasteiger partial charge in [-0.25, -0.2) is 9.59 Å². The zero-order valence-electron chi connectivity index (χ0n) is 9.41. The van der Waals surface area contributed by atoms with E-state index in [0.717, 1.165) is 5.57 Å². The van der Waals surface area contributed by atoms with Gasteiger partial charge in [0.1, 0.15) is 6.04 Å². The van der Waals surface area contributed by atoms with Gasteiger partial charge in [0, 0.05) is 13.6 Å². The summed E-state index contributed by atoms with van der Waals surface area (Å²) in [6.45, 7) is 7.60. The summed E-state index contributed by atoms with van der Waals surface area (Å²) in [6.07, 6.45) is 0.363. The van der Waals surface area contributed by atoms with Gasteiger partial charge in [-0.3, -0.25) is 0 Å². The number of carbonyl (C=O) groups is 2. The van der Waals surface area contributed by atoms with E-state index < -0.39 is 18.0 Å². The van der Waals surface area contributed by atoms with Crippen LogP contribution >= 0.6 is 0 Å². The molecule has 0 spiro atoms. The van der Waals surface area contributed by atoms with E-state index >= 15 is 0 Å². The molecule has 0 aromatic rings. The number of carbonyl (C=O) groups excluding carboxylic acids is 1. The minimum absolute atomic E-state index is 0.363. The number of likely N-dealkylation sites (N-methyl/N-ethyl adjacent to an activating group) is 1. The van der Waals surface area contributed by atoms with Gasteiger partial charge in [0.2, 0.25) is 0 Å². The molecule has 0 aliphatic carbocycles. The summed E-state index contributed by atoms with van der Waals surface area (Å²) < 4.78 is 0. The van der Waals surface area contributed by atoms with E-state index in [1.54, 1.807) is 20.9 Å². The molecule has 0 radical (unpaired) electrons. The van der Waals surface area contributed by atoms with Crippen LogP contribution in [0.2, 0.25) is 0 Å². The van der Waals surface area contributed by atoms with Crippen LogP contribution in [0.3, 0.4) is 0 Å². The van der Waals surface area contributed by atoms with Crippen LogP contribution in [0.1, 0.15) is 20.3 Å². The molecule has 0 fully saturated rings. The fourth-order valence-electron chi connectivity index (χ4n) is 1.07. The van der Waals surface area contributed by atoms with E-state index in [9.17, 15) is 9.59 Å². The maximum Gasteiger partial charge on any atom is 0.326 e. The number of amides is 2. The van der Waals surface area contributed by atoms with Crippen LogP contribution < -0.4 is 5.32 Å². The number of hydrogen-bond donors (Lipinski definition) is 2. The van der Waals surface area contributed by atoms with Crippen molar-refractivity contribution in [2.75, 3.05) is 13.6 Å². The van der Waals surface area contributed by atoms with Gasteiger partial charge in [-0.15, -0.1) is 0 Å². The molecule has 2 amide bonds. The number of carboxylic acid groups (broad SMARTS) is 1. The normalized spacial score (nSPS) is 11.7. The van der Waals surface area contributed by atoms with Crippen LogP contribution in [0.25, 0.3) is 0 Å². The van der Waals surface area contributed by atoms with Crippen molar-refractivity contribution < 1.29 is 14.7 Å². The average molecular weight is 214 g/mol. The second kappa shape index (κ2) is 6.06. The fourth-order valence-corrected chi connectivity index (χ4v) is 1.07. The van der Waals surface area contributed by atoms with E-state index in [4.69, 9.17) is 5.11 Å². The summed E-state index contributed by atoms with van der Waals surface area (Å²) >= 11 is 0. The molecule has 86 valence electrons. The molecule has 0 rings (SSSR count). The average Bonchev–Trinajstić information content (AvgIpc) is 2.11. The highest BCUT2D eigenvalue weighted by atomic mass is 16.4. The van der Waals surface area contributed by atoms with Gasteiger partial charge in [0.25, 0.3) is 0 Å². The molecule has 5 heteroatoms. The number of aliphatic carboxylic acids is 1. The third-order valence-electron chi connectivity index (χ3n) is 1.86. The summed E-state index contributed by atoms with van der Waals surface area (Å²) in [5, 5.41) is 11.2. The van der Waals surface area contributed by atoms with Crippen molar-refractivity contribution in [2.24, 2.45) is 0 Å². The van der Waals surface area contributed by atoms with Crippen molar-refractivity contribution in [1.29, 1.82) is 0 Å². The van der Waals surface area contributed by atoms with E-state index in [-0.39, 0.29) is 0 Å². The molecule has 5 nitrogen and oxygen atoms in total. The second-order valence-corrected chi connectivity index (χ2v) is 3.56. The first-order valence-corrected chi connectivity index (χ1v) is 4.77. The zero-order valence-corrected chi connectivity index (χ0v) is 9.41. The summed E-state index contributed by atoms with van der Waals surface area (Å²) in [5.41, 5.74) is 0.844. The largest absolute Gasteiger partial charge is 0.480 e. The fraction of sp³-hybridized carbons (Fsp3) is 0.600. The van der Waals surface area contributed by atoms with E-state index in [1.807, 2.05) is 0 Å². The second-order valence-electron chi connectivity index (χ2n) is 3.56. The highest BCUT2D eigenvalue weighted by Crippen LogP contribution is 1.96. The highest BCUT2D eigenvalue weighted by Gasteiger charge is 2.19. The van der Waals surface area contributed by atoms with E-state index in [0.29, 0.717) is 13.0 Å². The molecule has 0 heterocycles. The van der Waals surface area contributed by atoms with Crippen molar-refractivity contribution in [1.82, 2.24) is 10.2 Å². The van der Waals surface area contributed by atoms with Crippen molar-refractivity contribution >= 4 is 12.0 Å². The quantitative estimate of drug-likeness (QED) is 0.672. The summed E-state index contributed by atoms with van der Waals surface area (Å²) in [4.78, 5) is 23.5. The van der Waals surface area contributed by atoms with Gasteiger partial charge in [0.15, 0.2) is 0 Å². The van der Waals surface area contributed by atoms with Crippen LogP contribution in [-0.4, -0.2) is 41.6 Å². The third-order valence-corrected chi connectivity index (χ3v) is 1.86. The maximum absolute atomic E-state index is 11.5. The lowest BCUT2D eigenvalue weighted by Gasteiger charge is -2.20. The lowest BCUT2D eigenvalue weighted by Crippen LogP contribution is -2.46. The molecular formula is C10H18N2O3. The Morgan fingerprint density at radius 3 is 2.40 bits per heavy atom. The minimum atomic E-state index is -1.02. The summed E-state index contributed by atoms with van der Waals surface area (Å²) in [6, 6.07) is -1.22. The van der Waals surface area contributed by atoms with Crippen LogP contribution in [0.15, 0.2) is 12.2 Å². The van der Waals surface area contributed by atoms with Crippen molar-refractivity contribution in [3.63, 3.8) is 0 Å². The van der Waals surface area contributed by atoms with Gasteiger partial charge in [0.05, 0.1) is 0 Å². The number of nitrogens with one attached hydrogen (secondary N) is 1. The van der Waals surface area contributed by atoms with Crippen LogP contribution in [0.5, 0.6) is 0 Å². The Bertz CT molecular complexity index is 263. The minimum Gasteiger partial charge on any atom is -0.480 e. The molecule has 0 aliphatic rings.